The zero-order valence-corrected chi connectivity index (χ0v) is 13.8. The number of thiazole rings is 1. The molecule has 1 fully saturated rings. The molecule has 1 N–H and O–H groups in total. The Bertz CT molecular complexity index is 470. The molecule has 1 aromatic heterocycles. The molecule has 1 saturated heterocycles. The summed E-state index contributed by atoms with van der Waals surface area (Å²) in [6.45, 7) is 12.0. The summed E-state index contributed by atoms with van der Waals surface area (Å²) in [6, 6.07) is 0. The van der Waals surface area contributed by atoms with E-state index in [0.29, 0.717) is 0 Å². The Balaban J connectivity index is 2.28. The van der Waals surface area contributed by atoms with Crippen LogP contribution in [0.15, 0.2) is 0 Å². The first kappa shape index (κ1) is 15.4. The summed E-state index contributed by atoms with van der Waals surface area (Å²) in [7, 11) is 0. The molecule has 5 heteroatoms. The summed E-state index contributed by atoms with van der Waals surface area (Å²) in [5.41, 5.74) is 1.00. The van der Waals surface area contributed by atoms with Gasteiger partial charge in [-0.25, -0.2) is 4.98 Å². The largest absolute Gasteiger partial charge is 0.335 e. The van der Waals surface area contributed by atoms with Crippen LogP contribution in [0.2, 0.25) is 0 Å². The number of rotatable bonds is 3. The number of amides is 1. The van der Waals surface area contributed by atoms with Crippen LogP contribution in [0.3, 0.4) is 0 Å². The number of aromatic nitrogens is 1. The van der Waals surface area contributed by atoms with Crippen molar-refractivity contribution in [2.45, 2.75) is 46.0 Å². The van der Waals surface area contributed by atoms with Gasteiger partial charge in [-0.05, 0) is 6.42 Å². The second-order valence-corrected chi connectivity index (χ2v) is 7.34. The van der Waals surface area contributed by atoms with E-state index in [9.17, 15) is 4.79 Å². The Kier molecular flexibility index (Phi) is 4.81. The molecule has 0 unspecified atom stereocenters. The summed E-state index contributed by atoms with van der Waals surface area (Å²) >= 11 is 1.59. The Morgan fingerprint density at radius 3 is 2.55 bits per heavy atom. The molecule has 2 heterocycles. The molecular formula is C15H25N3OS. The zero-order chi connectivity index (χ0) is 14.8. The predicted molar refractivity (Wildman–Crippen MR) is 83.6 cm³/mol. The lowest BCUT2D eigenvalue weighted by molar-refractivity contribution is 0.0739. The molecule has 0 saturated carbocycles. The highest BCUT2D eigenvalue weighted by molar-refractivity contribution is 7.14. The summed E-state index contributed by atoms with van der Waals surface area (Å²) < 4.78 is 0. The fourth-order valence-corrected chi connectivity index (χ4v) is 3.39. The molecule has 112 valence electrons. The van der Waals surface area contributed by atoms with Gasteiger partial charge in [0.15, 0.2) is 0 Å². The SMILES string of the molecule is CCCc1nc(C(C)(C)C)sc1C(=O)N1CCNCC1. The van der Waals surface area contributed by atoms with Gasteiger partial charge in [0.25, 0.3) is 5.91 Å². The summed E-state index contributed by atoms with van der Waals surface area (Å²) in [4.78, 5) is 20.3. The van der Waals surface area contributed by atoms with Gasteiger partial charge in [-0.2, -0.15) is 0 Å². The van der Waals surface area contributed by atoms with Gasteiger partial charge in [-0.3, -0.25) is 4.79 Å². The van der Waals surface area contributed by atoms with E-state index in [1.807, 2.05) is 4.90 Å². The smallest absolute Gasteiger partial charge is 0.265 e. The summed E-state index contributed by atoms with van der Waals surface area (Å²) in [5.74, 6) is 0.169. The molecule has 1 aliphatic heterocycles. The van der Waals surface area contributed by atoms with Gasteiger partial charge >= 0.3 is 0 Å². The van der Waals surface area contributed by atoms with Crippen LogP contribution in [0.25, 0.3) is 0 Å². The van der Waals surface area contributed by atoms with E-state index in [4.69, 9.17) is 4.98 Å². The number of carbonyl (C=O) groups excluding carboxylic acids is 1. The molecule has 0 aliphatic carbocycles. The van der Waals surface area contributed by atoms with Gasteiger partial charge in [-0.15, -0.1) is 11.3 Å². The summed E-state index contributed by atoms with van der Waals surface area (Å²) in [5, 5.41) is 4.35. The maximum atomic E-state index is 12.7. The highest BCUT2D eigenvalue weighted by Gasteiger charge is 2.27. The second kappa shape index (κ2) is 6.22. The van der Waals surface area contributed by atoms with E-state index in [1.54, 1.807) is 11.3 Å². The maximum absolute atomic E-state index is 12.7. The molecule has 1 aromatic rings. The molecule has 0 atom stereocenters. The molecule has 2 rings (SSSR count). The van der Waals surface area contributed by atoms with Crippen LogP contribution in [0.5, 0.6) is 0 Å². The van der Waals surface area contributed by atoms with Gasteiger partial charge in [0.05, 0.1) is 10.7 Å². The number of nitrogens with one attached hydrogen (secondary N) is 1. The predicted octanol–water partition coefficient (Wildman–Crippen LogP) is 2.44. The number of hydrogen-bond acceptors (Lipinski definition) is 4. The third-order valence-corrected chi connectivity index (χ3v) is 4.94. The second-order valence-electron chi connectivity index (χ2n) is 6.34. The first-order valence-corrected chi connectivity index (χ1v) is 8.25. The van der Waals surface area contributed by atoms with Crippen molar-refractivity contribution < 1.29 is 4.79 Å². The van der Waals surface area contributed by atoms with E-state index in [2.05, 4.69) is 33.0 Å². The van der Waals surface area contributed by atoms with Crippen molar-refractivity contribution in [2.75, 3.05) is 26.2 Å². The van der Waals surface area contributed by atoms with Gasteiger partial charge < -0.3 is 10.2 Å². The Morgan fingerprint density at radius 1 is 1.35 bits per heavy atom. The highest BCUT2D eigenvalue weighted by atomic mass is 32.1. The van der Waals surface area contributed by atoms with Gasteiger partial charge in [0.1, 0.15) is 4.88 Å². The highest BCUT2D eigenvalue weighted by Crippen LogP contribution is 2.31. The van der Waals surface area contributed by atoms with E-state index >= 15 is 0 Å². The van der Waals surface area contributed by atoms with E-state index in [0.717, 1.165) is 54.6 Å². The average Bonchev–Trinajstić information content (AvgIpc) is 2.83. The van der Waals surface area contributed by atoms with Crippen LogP contribution in [-0.4, -0.2) is 42.0 Å². The van der Waals surface area contributed by atoms with Crippen LogP contribution in [-0.2, 0) is 11.8 Å². The van der Waals surface area contributed by atoms with Crippen LogP contribution in [0, 0.1) is 0 Å². The van der Waals surface area contributed by atoms with E-state index < -0.39 is 0 Å². The number of carbonyl (C=O) groups is 1. The number of piperazine rings is 1. The first-order valence-electron chi connectivity index (χ1n) is 7.43. The van der Waals surface area contributed by atoms with Crippen molar-refractivity contribution in [2.24, 2.45) is 0 Å². The maximum Gasteiger partial charge on any atom is 0.265 e. The standard InChI is InChI=1S/C15H25N3OS/c1-5-6-11-12(20-14(17-11)15(2,3)4)13(19)18-9-7-16-8-10-18/h16H,5-10H2,1-4H3. The minimum absolute atomic E-state index is 0.00907. The third-order valence-electron chi connectivity index (χ3n) is 3.42. The van der Waals surface area contributed by atoms with Gasteiger partial charge in [0.2, 0.25) is 0 Å². The fraction of sp³-hybridized carbons (Fsp3) is 0.733. The van der Waals surface area contributed by atoms with Crippen molar-refractivity contribution in [3.63, 3.8) is 0 Å². The van der Waals surface area contributed by atoms with Crippen molar-refractivity contribution >= 4 is 17.2 Å². The lowest BCUT2D eigenvalue weighted by Crippen LogP contribution is -2.46. The first-order chi connectivity index (χ1) is 9.43. The van der Waals surface area contributed by atoms with Crippen LogP contribution in [0.4, 0.5) is 0 Å². The van der Waals surface area contributed by atoms with Crippen LogP contribution in [0.1, 0.15) is 54.5 Å². The molecule has 1 amide bonds. The topological polar surface area (TPSA) is 45.2 Å². The molecule has 0 bridgehead atoms. The lowest BCUT2D eigenvalue weighted by Gasteiger charge is -2.27. The quantitative estimate of drug-likeness (QED) is 0.931. The zero-order valence-electron chi connectivity index (χ0n) is 13.0. The van der Waals surface area contributed by atoms with Gasteiger partial charge in [0, 0.05) is 31.6 Å². The minimum Gasteiger partial charge on any atom is -0.335 e. The van der Waals surface area contributed by atoms with Gasteiger partial charge in [-0.1, -0.05) is 34.1 Å². The normalized spacial score (nSPS) is 16.5. The lowest BCUT2D eigenvalue weighted by atomic mass is 9.98. The average molecular weight is 295 g/mol. The number of aryl methyl sites for hydroxylation is 1. The Labute approximate surface area is 125 Å². The minimum atomic E-state index is 0.00907. The number of hydrogen-bond donors (Lipinski definition) is 1. The monoisotopic (exact) mass is 295 g/mol. The van der Waals surface area contributed by atoms with Crippen LogP contribution < -0.4 is 5.32 Å². The van der Waals surface area contributed by atoms with Crippen molar-refractivity contribution in [3.05, 3.63) is 15.6 Å². The molecule has 20 heavy (non-hydrogen) atoms. The third kappa shape index (κ3) is 3.38. The molecule has 0 spiro atoms. The van der Waals surface area contributed by atoms with Crippen molar-refractivity contribution in [1.82, 2.24) is 15.2 Å². The molecule has 0 radical (unpaired) electrons. The van der Waals surface area contributed by atoms with Crippen molar-refractivity contribution in [3.8, 4) is 0 Å². The number of nitrogens with zero attached hydrogens (tertiary/aromatic N) is 2. The Morgan fingerprint density at radius 2 is 2.00 bits per heavy atom. The van der Waals surface area contributed by atoms with Crippen LogP contribution >= 0.6 is 11.3 Å². The molecule has 0 aromatic carbocycles. The Hall–Kier alpha value is -0.940. The molecular weight excluding hydrogens is 270 g/mol. The van der Waals surface area contributed by atoms with E-state index in [-0.39, 0.29) is 11.3 Å². The van der Waals surface area contributed by atoms with E-state index in [1.165, 1.54) is 0 Å². The van der Waals surface area contributed by atoms with Crippen molar-refractivity contribution in [1.29, 1.82) is 0 Å². The molecule has 1 aliphatic rings. The molecule has 4 nitrogen and oxygen atoms in total. The fourth-order valence-electron chi connectivity index (χ4n) is 2.26. The summed E-state index contributed by atoms with van der Waals surface area (Å²) in [6.07, 6.45) is 1.91.